The van der Waals surface area contributed by atoms with E-state index in [9.17, 15) is 9.59 Å². The van der Waals surface area contributed by atoms with Crippen LogP contribution in [0.5, 0.6) is 0 Å². The third kappa shape index (κ3) is 4.55. The maximum atomic E-state index is 12.2. The van der Waals surface area contributed by atoms with Crippen LogP contribution in [0.2, 0.25) is 0 Å². The summed E-state index contributed by atoms with van der Waals surface area (Å²) in [4.78, 5) is 28.3. The predicted molar refractivity (Wildman–Crippen MR) is 95.6 cm³/mol. The van der Waals surface area contributed by atoms with Crippen molar-refractivity contribution in [3.63, 3.8) is 0 Å². The molecule has 1 heterocycles. The van der Waals surface area contributed by atoms with E-state index >= 15 is 0 Å². The van der Waals surface area contributed by atoms with Gasteiger partial charge in [-0.25, -0.2) is 9.78 Å². The summed E-state index contributed by atoms with van der Waals surface area (Å²) in [5.41, 5.74) is 3.62. The predicted octanol–water partition coefficient (Wildman–Crippen LogP) is 3.32. The van der Waals surface area contributed by atoms with Crippen LogP contribution in [-0.4, -0.2) is 29.5 Å². The molecule has 2 aromatic rings. The fraction of sp³-hybridized carbons (Fsp3) is 0.353. The number of anilines is 2. The number of carbonyl (C=O) groups excluding carboxylic acids is 2. The van der Waals surface area contributed by atoms with Gasteiger partial charge in [0.15, 0.2) is 11.8 Å². The van der Waals surface area contributed by atoms with Crippen molar-refractivity contribution in [1.82, 2.24) is 4.98 Å². The molecule has 0 aliphatic carbocycles. The molecule has 128 valence electrons. The Hall–Kier alpha value is -2.41. The zero-order chi connectivity index (χ0) is 17.5. The number of carbonyl (C=O) groups is 2. The van der Waals surface area contributed by atoms with Gasteiger partial charge in [0, 0.05) is 12.2 Å². The minimum Gasteiger partial charge on any atom is -0.448 e. The van der Waals surface area contributed by atoms with Crippen molar-refractivity contribution in [2.24, 2.45) is 0 Å². The summed E-state index contributed by atoms with van der Waals surface area (Å²) in [6, 6.07) is 7.55. The van der Waals surface area contributed by atoms with Crippen LogP contribution in [0.4, 0.5) is 10.7 Å². The van der Waals surface area contributed by atoms with Gasteiger partial charge in [0.1, 0.15) is 5.00 Å². The van der Waals surface area contributed by atoms with Gasteiger partial charge >= 0.3 is 5.97 Å². The first kappa shape index (κ1) is 17.9. The van der Waals surface area contributed by atoms with Crippen molar-refractivity contribution in [3.05, 3.63) is 41.0 Å². The Morgan fingerprint density at radius 2 is 1.96 bits per heavy atom. The summed E-state index contributed by atoms with van der Waals surface area (Å²) >= 11 is 1.32. The largest absolute Gasteiger partial charge is 0.448 e. The molecule has 0 fully saturated rings. The second kappa shape index (κ2) is 8.44. The first-order valence-corrected chi connectivity index (χ1v) is 8.71. The van der Waals surface area contributed by atoms with Gasteiger partial charge in [-0.1, -0.05) is 19.1 Å². The molecule has 24 heavy (non-hydrogen) atoms. The molecular weight excluding hydrogens is 326 g/mol. The summed E-state index contributed by atoms with van der Waals surface area (Å²) in [6.07, 6.45) is 0.0174. The minimum absolute atomic E-state index is 0.203. The Morgan fingerprint density at radius 1 is 1.25 bits per heavy atom. The third-order valence-corrected chi connectivity index (χ3v) is 4.17. The van der Waals surface area contributed by atoms with Gasteiger partial charge < -0.3 is 15.4 Å². The van der Waals surface area contributed by atoms with Crippen LogP contribution in [0.15, 0.2) is 29.8 Å². The smallest absolute Gasteiger partial charge is 0.360 e. The Kier molecular flexibility index (Phi) is 6.31. The molecule has 1 aromatic heterocycles. The highest BCUT2D eigenvalue weighted by atomic mass is 32.1. The molecule has 0 aliphatic rings. The summed E-state index contributed by atoms with van der Waals surface area (Å²) in [7, 11) is 0. The fourth-order valence-electron chi connectivity index (χ4n) is 2.02. The van der Waals surface area contributed by atoms with Crippen LogP contribution in [0.1, 0.15) is 36.8 Å². The molecule has 1 aromatic carbocycles. The number of thiazole rings is 1. The van der Waals surface area contributed by atoms with E-state index in [0.29, 0.717) is 17.2 Å². The number of aromatic nitrogens is 1. The molecule has 0 unspecified atom stereocenters. The maximum absolute atomic E-state index is 12.2. The maximum Gasteiger partial charge on any atom is 0.360 e. The molecule has 1 amide bonds. The Labute approximate surface area is 145 Å². The second-order valence-electron chi connectivity index (χ2n) is 5.15. The van der Waals surface area contributed by atoms with E-state index in [1.807, 2.05) is 31.2 Å². The number of hydrogen-bond donors (Lipinski definition) is 2. The number of esters is 1. The normalized spacial score (nSPS) is 11.6. The lowest BCUT2D eigenvalue weighted by Crippen LogP contribution is -2.30. The Bertz CT molecular complexity index is 697. The van der Waals surface area contributed by atoms with Gasteiger partial charge in [0.25, 0.3) is 5.91 Å². The molecule has 0 saturated carbocycles. The van der Waals surface area contributed by atoms with Crippen LogP contribution in [0.3, 0.4) is 0 Å². The van der Waals surface area contributed by atoms with Crippen molar-refractivity contribution in [1.29, 1.82) is 0 Å². The van der Waals surface area contributed by atoms with Gasteiger partial charge in [-0.15, -0.1) is 11.3 Å². The average Bonchev–Trinajstić information content (AvgIpc) is 3.04. The third-order valence-electron chi connectivity index (χ3n) is 3.38. The molecule has 7 heteroatoms. The van der Waals surface area contributed by atoms with Gasteiger partial charge in [0.2, 0.25) is 0 Å². The summed E-state index contributed by atoms with van der Waals surface area (Å²) in [5, 5.41) is 6.42. The number of nitrogens with zero attached hydrogens (tertiary/aromatic N) is 1. The number of rotatable bonds is 7. The molecule has 2 N–H and O–H groups in total. The Balaban J connectivity index is 1.95. The van der Waals surface area contributed by atoms with Crippen LogP contribution in [-0.2, 0) is 16.0 Å². The molecule has 0 spiro atoms. The van der Waals surface area contributed by atoms with Crippen molar-refractivity contribution in [2.75, 3.05) is 17.2 Å². The number of hydrogen-bond acceptors (Lipinski definition) is 6. The second-order valence-corrected chi connectivity index (χ2v) is 6.00. The lowest BCUT2D eigenvalue weighted by atomic mass is 10.1. The molecule has 0 saturated heterocycles. The highest BCUT2D eigenvalue weighted by molar-refractivity contribution is 7.14. The van der Waals surface area contributed by atoms with E-state index in [1.54, 1.807) is 5.51 Å². The molecule has 0 bridgehead atoms. The van der Waals surface area contributed by atoms with Gasteiger partial charge in [0.05, 0.1) is 5.51 Å². The van der Waals surface area contributed by atoms with Crippen LogP contribution in [0.25, 0.3) is 0 Å². The van der Waals surface area contributed by atoms with Crippen LogP contribution < -0.4 is 10.6 Å². The fourth-order valence-corrected chi connectivity index (χ4v) is 2.75. The zero-order valence-electron chi connectivity index (χ0n) is 14.0. The number of amides is 1. The lowest BCUT2D eigenvalue weighted by Gasteiger charge is -2.13. The Morgan fingerprint density at radius 3 is 2.58 bits per heavy atom. The number of nitrogens with one attached hydrogen (secondary N) is 2. The number of benzene rings is 1. The van der Waals surface area contributed by atoms with E-state index in [1.165, 1.54) is 23.8 Å². The van der Waals surface area contributed by atoms with E-state index in [4.69, 9.17) is 4.74 Å². The van der Waals surface area contributed by atoms with Gasteiger partial charge in [-0.3, -0.25) is 4.79 Å². The molecular formula is C17H21N3O3S. The number of ether oxygens (including phenoxy) is 1. The quantitative estimate of drug-likeness (QED) is 0.751. The molecule has 1 atom stereocenters. The first-order chi connectivity index (χ1) is 11.5. The summed E-state index contributed by atoms with van der Waals surface area (Å²) in [6.45, 7) is 6.20. The zero-order valence-corrected chi connectivity index (χ0v) is 14.8. The standard InChI is InChI=1S/C17H21N3O3S/c1-4-12-6-8-13(9-7-12)20-15(21)11(3)23-17(22)14-16(18-5-2)24-10-19-14/h6-11,18H,4-5H2,1-3H3,(H,20,21)/t11-/m1/s1. The van der Waals surface area contributed by atoms with E-state index < -0.39 is 12.1 Å². The van der Waals surface area contributed by atoms with E-state index in [2.05, 4.69) is 22.5 Å². The minimum atomic E-state index is -0.917. The van der Waals surface area contributed by atoms with Crippen LogP contribution in [0, 0.1) is 0 Å². The first-order valence-electron chi connectivity index (χ1n) is 7.83. The topological polar surface area (TPSA) is 80.3 Å². The lowest BCUT2D eigenvalue weighted by molar-refractivity contribution is -0.123. The van der Waals surface area contributed by atoms with Gasteiger partial charge in [-0.05, 0) is 38.0 Å². The molecule has 2 rings (SSSR count). The van der Waals surface area contributed by atoms with E-state index in [-0.39, 0.29) is 11.6 Å². The number of aryl methyl sites for hydroxylation is 1. The van der Waals surface area contributed by atoms with Crippen molar-refractivity contribution >= 4 is 33.9 Å². The van der Waals surface area contributed by atoms with Gasteiger partial charge in [-0.2, -0.15) is 0 Å². The highest BCUT2D eigenvalue weighted by Crippen LogP contribution is 2.21. The monoisotopic (exact) mass is 347 g/mol. The van der Waals surface area contributed by atoms with Crippen molar-refractivity contribution in [2.45, 2.75) is 33.3 Å². The van der Waals surface area contributed by atoms with Crippen LogP contribution >= 0.6 is 11.3 Å². The molecule has 0 aliphatic heterocycles. The summed E-state index contributed by atoms with van der Waals surface area (Å²) in [5.74, 6) is -0.996. The molecule has 6 nitrogen and oxygen atoms in total. The van der Waals surface area contributed by atoms with Crippen molar-refractivity contribution < 1.29 is 14.3 Å². The van der Waals surface area contributed by atoms with E-state index in [0.717, 1.165) is 6.42 Å². The average molecular weight is 347 g/mol. The van der Waals surface area contributed by atoms with Crippen molar-refractivity contribution in [3.8, 4) is 0 Å². The SMILES string of the molecule is CCNc1scnc1C(=O)O[C@H](C)C(=O)Nc1ccc(CC)cc1. The summed E-state index contributed by atoms with van der Waals surface area (Å²) < 4.78 is 5.21. The highest BCUT2D eigenvalue weighted by Gasteiger charge is 2.22. The molecule has 0 radical (unpaired) electrons.